The maximum atomic E-state index is 9.69. The topological polar surface area (TPSA) is 78.3 Å². The van der Waals surface area contributed by atoms with E-state index in [4.69, 9.17) is 5.14 Å². The molecule has 0 saturated heterocycles. The Morgan fingerprint density at radius 1 is 1.86 bits per heavy atom. The smallest absolute Gasteiger partial charge is 0.405 e. The van der Waals surface area contributed by atoms with Gasteiger partial charge in [0.2, 0.25) is 0 Å². The van der Waals surface area contributed by atoms with Crippen molar-refractivity contribution in [1.29, 1.82) is 0 Å². The van der Waals surface area contributed by atoms with Gasteiger partial charge in [0.05, 0.1) is 0 Å². The molecule has 0 aromatic carbocycles. The lowest BCUT2D eigenvalue weighted by atomic mass is 11.2. The summed E-state index contributed by atoms with van der Waals surface area (Å²) in [5, 5.41) is 4.86. The molecular weight excluding hydrogens is 116 g/mol. The highest BCUT2D eigenvalue weighted by molar-refractivity contribution is 7.96. The Hall–Kier alpha value is -0.420. The van der Waals surface area contributed by atoms with Crippen LogP contribution in [-0.2, 0) is 4.74 Å². The van der Waals surface area contributed by atoms with Crippen LogP contribution in [0.2, 0.25) is 0 Å². The molecule has 0 heterocycles. The van der Waals surface area contributed by atoms with Crippen LogP contribution in [0.25, 0.3) is 0 Å². The molecule has 0 aliphatic rings. The number of carbonyl (C=O) groups excluding carboxylic acids is 1. The average molecular weight is 122 g/mol. The first-order valence-corrected chi connectivity index (χ1v) is 2.56. The van der Waals surface area contributed by atoms with Crippen LogP contribution in [0.3, 0.4) is 0 Å². The van der Waals surface area contributed by atoms with Crippen molar-refractivity contribution in [3.8, 4) is 0 Å². The first-order valence-electron chi connectivity index (χ1n) is 1.51. The maximum Gasteiger partial charge on any atom is 0.405 e. The highest BCUT2D eigenvalue weighted by Gasteiger charge is 1.86. The van der Waals surface area contributed by atoms with Gasteiger partial charge >= 0.3 is 6.09 Å². The standard InChI is InChI=1S/C2H6N2O2S/c3-2(5)6-1-7-4/h1,4H2,(H2,3,5). The summed E-state index contributed by atoms with van der Waals surface area (Å²) in [4.78, 5) is 9.69. The van der Waals surface area contributed by atoms with Crippen molar-refractivity contribution in [1.82, 2.24) is 0 Å². The molecule has 0 spiro atoms. The Kier molecular flexibility index (Phi) is 3.53. The van der Waals surface area contributed by atoms with Crippen LogP contribution in [0.5, 0.6) is 0 Å². The average Bonchev–Trinajstić information content (AvgIpc) is 1.61. The van der Waals surface area contributed by atoms with E-state index in [2.05, 4.69) is 10.5 Å². The fourth-order valence-electron chi connectivity index (χ4n) is 0.0921. The second-order valence-corrected chi connectivity index (χ2v) is 1.32. The molecule has 5 heteroatoms. The van der Waals surface area contributed by atoms with Crippen molar-refractivity contribution < 1.29 is 9.53 Å². The third-order valence-corrected chi connectivity index (χ3v) is 0.523. The van der Waals surface area contributed by atoms with Crippen LogP contribution in [0.1, 0.15) is 0 Å². The second kappa shape index (κ2) is 3.76. The van der Waals surface area contributed by atoms with Gasteiger partial charge in [-0.05, 0) is 11.9 Å². The number of rotatable bonds is 2. The molecule has 0 atom stereocenters. The Labute approximate surface area is 45.3 Å². The lowest BCUT2D eigenvalue weighted by molar-refractivity contribution is 0.177. The monoisotopic (exact) mass is 122 g/mol. The summed E-state index contributed by atoms with van der Waals surface area (Å²) in [5.74, 6) is 0.120. The number of amides is 1. The molecule has 0 aromatic rings. The molecule has 0 bridgehead atoms. The summed E-state index contributed by atoms with van der Waals surface area (Å²) >= 11 is 0.907. The third kappa shape index (κ3) is 5.58. The summed E-state index contributed by atoms with van der Waals surface area (Å²) in [5.41, 5.74) is 4.55. The van der Waals surface area contributed by atoms with Crippen molar-refractivity contribution in [3.63, 3.8) is 0 Å². The molecule has 4 N–H and O–H groups in total. The fourth-order valence-corrected chi connectivity index (χ4v) is 0.276. The molecule has 7 heavy (non-hydrogen) atoms. The van der Waals surface area contributed by atoms with Crippen LogP contribution in [0.15, 0.2) is 0 Å². The number of carbonyl (C=O) groups is 1. The highest BCUT2D eigenvalue weighted by Crippen LogP contribution is 1.84. The molecule has 0 unspecified atom stereocenters. The predicted octanol–water partition coefficient (Wildman–Crippen LogP) is -0.354. The van der Waals surface area contributed by atoms with Gasteiger partial charge in [0.25, 0.3) is 0 Å². The first kappa shape index (κ1) is 6.58. The highest BCUT2D eigenvalue weighted by atomic mass is 32.2. The fraction of sp³-hybridized carbons (Fsp3) is 0.500. The van der Waals surface area contributed by atoms with E-state index in [1.807, 2.05) is 0 Å². The lowest BCUT2D eigenvalue weighted by Gasteiger charge is -1.92. The normalized spacial score (nSPS) is 8.14. The van der Waals surface area contributed by atoms with Crippen LogP contribution >= 0.6 is 11.9 Å². The van der Waals surface area contributed by atoms with E-state index in [0.717, 1.165) is 11.9 Å². The molecule has 0 aliphatic carbocycles. The van der Waals surface area contributed by atoms with Gasteiger partial charge in [-0.15, -0.1) is 0 Å². The number of ether oxygens (including phenoxy) is 1. The van der Waals surface area contributed by atoms with Crippen molar-refractivity contribution in [3.05, 3.63) is 0 Å². The van der Waals surface area contributed by atoms with Gasteiger partial charge in [0, 0.05) is 0 Å². The molecule has 0 saturated carbocycles. The van der Waals surface area contributed by atoms with Gasteiger partial charge in [0.15, 0.2) is 5.94 Å². The van der Waals surface area contributed by atoms with E-state index in [-0.39, 0.29) is 5.94 Å². The van der Waals surface area contributed by atoms with Crippen LogP contribution < -0.4 is 10.9 Å². The van der Waals surface area contributed by atoms with Crippen molar-refractivity contribution >= 4 is 18.0 Å². The van der Waals surface area contributed by atoms with Crippen LogP contribution in [0, 0.1) is 0 Å². The minimum atomic E-state index is -0.794. The van der Waals surface area contributed by atoms with E-state index < -0.39 is 6.09 Å². The van der Waals surface area contributed by atoms with Crippen molar-refractivity contribution in [2.45, 2.75) is 0 Å². The summed E-state index contributed by atoms with van der Waals surface area (Å²) in [6, 6.07) is 0. The summed E-state index contributed by atoms with van der Waals surface area (Å²) in [7, 11) is 0. The van der Waals surface area contributed by atoms with Crippen LogP contribution in [0.4, 0.5) is 4.79 Å². The maximum absolute atomic E-state index is 9.69. The minimum absolute atomic E-state index is 0.120. The molecule has 0 fully saturated rings. The molecule has 0 radical (unpaired) electrons. The van der Waals surface area contributed by atoms with Gasteiger partial charge in [-0.25, -0.2) is 4.79 Å². The van der Waals surface area contributed by atoms with Gasteiger partial charge in [-0.2, -0.15) is 0 Å². The Morgan fingerprint density at radius 3 is 2.57 bits per heavy atom. The van der Waals surface area contributed by atoms with Gasteiger partial charge in [0.1, 0.15) is 0 Å². The predicted molar refractivity (Wildman–Crippen MR) is 27.3 cm³/mol. The van der Waals surface area contributed by atoms with Gasteiger partial charge in [-0.1, -0.05) is 0 Å². The number of hydrogen-bond donors (Lipinski definition) is 2. The lowest BCUT2D eigenvalue weighted by Crippen LogP contribution is -2.12. The van der Waals surface area contributed by atoms with E-state index in [0.29, 0.717) is 0 Å². The SMILES string of the molecule is NSCOC(N)=O. The van der Waals surface area contributed by atoms with E-state index in [1.165, 1.54) is 0 Å². The number of nitrogens with two attached hydrogens (primary N) is 2. The van der Waals surface area contributed by atoms with Gasteiger partial charge < -0.3 is 10.5 Å². The molecule has 42 valence electrons. The third-order valence-electron chi connectivity index (χ3n) is 0.269. The zero-order chi connectivity index (χ0) is 5.70. The molecule has 0 aromatic heterocycles. The summed E-state index contributed by atoms with van der Waals surface area (Å²) in [6.07, 6.45) is -0.794. The van der Waals surface area contributed by atoms with E-state index in [1.54, 1.807) is 0 Å². The Morgan fingerprint density at radius 2 is 2.43 bits per heavy atom. The summed E-state index contributed by atoms with van der Waals surface area (Å²) < 4.78 is 4.17. The zero-order valence-electron chi connectivity index (χ0n) is 3.59. The molecule has 4 nitrogen and oxygen atoms in total. The first-order chi connectivity index (χ1) is 3.27. The minimum Gasteiger partial charge on any atom is -0.437 e. The van der Waals surface area contributed by atoms with E-state index in [9.17, 15) is 4.79 Å². The Balaban J connectivity index is 2.82. The van der Waals surface area contributed by atoms with E-state index >= 15 is 0 Å². The van der Waals surface area contributed by atoms with Crippen LogP contribution in [-0.4, -0.2) is 12.0 Å². The molecule has 0 rings (SSSR count). The quantitative estimate of drug-likeness (QED) is 0.387. The van der Waals surface area contributed by atoms with Crippen molar-refractivity contribution in [2.24, 2.45) is 10.9 Å². The zero-order valence-corrected chi connectivity index (χ0v) is 4.40. The summed E-state index contributed by atoms with van der Waals surface area (Å²) in [6.45, 7) is 0. The number of primary amides is 1. The molecule has 0 aliphatic heterocycles. The Bertz CT molecular complexity index is 66.7. The number of hydrogen-bond acceptors (Lipinski definition) is 4. The molecular formula is C2H6N2O2S. The van der Waals surface area contributed by atoms with Gasteiger partial charge in [-0.3, -0.25) is 5.14 Å². The second-order valence-electron chi connectivity index (χ2n) is 0.748. The van der Waals surface area contributed by atoms with Crippen molar-refractivity contribution in [2.75, 3.05) is 5.94 Å². The molecule has 1 amide bonds. The largest absolute Gasteiger partial charge is 0.437 e.